The predicted molar refractivity (Wildman–Crippen MR) is 106 cm³/mol. The van der Waals surface area contributed by atoms with E-state index in [0.717, 1.165) is 11.4 Å². The topological polar surface area (TPSA) is 102 Å². The number of piperazine rings is 1. The summed E-state index contributed by atoms with van der Waals surface area (Å²) in [5.41, 5.74) is 1.67. The number of carbonyl (C=O) groups is 3. The highest BCUT2D eigenvalue weighted by molar-refractivity contribution is 6.01. The zero-order chi connectivity index (χ0) is 20.5. The van der Waals surface area contributed by atoms with Crippen LogP contribution >= 0.6 is 0 Å². The summed E-state index contributed by atoms with van der Waals surface area (Å²) < 4.78 is 0. The molecule has 1 aromatic carbocycles. The summed E-state index contributed by atoms with van der Waals surface area (Å²) in [6.07, 6.45) is -0.0521. The zero-order valence-corrected chi connectivity index (χ0v) is 16.6. The molecule has 2 aliphatic heterocycles. The minimum absolute atomic E-state index is 0.0972. The second-order valence-corrected chi connectivity index (χ2v) is 8.50. The highest BCUT2D eigenvalue weighted by Crippen LogP contribution is 2.30. The van der Waals surface area contributed by atoms with Crippen LogP contribution in [-0.4, -0.2) is 59.6 Å². The number of nitrogens with one attached hydrogen (secondary N) is 2. The first-order valence-corrected chi connectivity index (χ1v) is 9.60. The molecule has 1 aromatic rings. The van der Waals surface area contributed by atoms with Gasteiger partial charge < -0.3 is 20.2 Å². The van der Waals surface area contributed by atoms with Gasteiger partial charge in [0, 0.05) is 37.4 Å². The predicted octanol–water partition coefficient (Wildman–Crippen LogP) is 2.12. The van der Waals surface area contributed by atoms with E-state index in [2.05, 4.69) is 36.3 Å². The van der Waals surface area contributed by atoms with Gasteiger partial charge in [0.25, 0.3) is 0 Å². The van der Waals surface area contributed by atoms with Gasteiger partial charge in [-0.25, -0.2) is 4.79 Å². The van der Waals surface area contributed by atoms with E-state index in [0.29, 0.717) is 32.5 Å². The molecule has 0 radical (unpaired) electrons. The van der Waals surface area contributed by atoms with E-state index in [1.807, 2.05) is 24.3 Å². The molecule has 0 saturated carbocycles. The Balaban J connectivity index is 1.67. The van der Waals surface area contributed by atoms with Gasteiger partial charge in [0.05, 0.1) is 6.04 Å². The fraction of sp³-hybridized carbons (Fsp3) is 0.550. The van der Waals surface area contributed by atoms with Gasteiger partial charge in [-0.1, -0.05) is 20.8 Å². The molecule has 3 N–H and O–H groups in total. The van der Waals surface area contributed by atoms with Crippen molar-refractivity contribution in [3.63, 3.8) is 0 Å². The Morgan fingerprint density at radius 1 is 1.18 bits per heavy atom. The van der Waals surface area contributed by atoms with E-state index >= 15 is 0 Å². The first-order chi connectivity index (χ1) is 13.1. The van der Waals surface area contributed by atoms with Gasteiger partial charge in [0.15, 0.2) is 0 Å². The first-order valence-electron chi connectivity index (χ1n) is 9.60. The van der Waals surface area contributed by atoms with Crippen molar-refractivity contribution in [2.24, 2.45) is 5.41 Å². The van der Waals surface area contributed by atoms with Crippen LogP contribution in [0.4, 0.5) is 16.2 Å². The van der Waals surface area contributed by atoms with Gasteiger partial charge in [-0.3, -0.25) is 14.9 Å². The fourth-order valence-corrected chi connectivity index (χ4v) is 3.79. The van der Waals surface area contributed by atoms with Gasteiger partial charge in [-0.2, -0.15) is 0 Å². The second-order valence-electron chi connectivity index (χ2n) is 8.50. The van der Waals surface area contributed by atoms with Crippen molar-refractivity contribution >= 4 is 29.3 Å². The summed E-state index contributed by atoms with van der Waals surface area (Å²) in [7, 11) is 0. The van der Waals surface area contributed by atoms with Crippen LogP contribution in [0.2, 0.25) is 0 Å². The largest absolute Gasteiger partial charge is 0.465 e. The van der Waals surface area contributed by atoms with Crippen molar-refractivity contribution in [3.8, 4) is 0 Å². The number of benzene rings is 1. The lowest BCUT2D eigenvalue weighted by atomic mass is 9.84. The fourth-order valence-electron chi connectivity index (χ4n) is 3.79. The molecule has 0 aromatic heterocycles. The van der Waals surface area contributed by atoms with Crippen LogP contribution in [0.3, 0.4) is 0 Å². The SMILES string of the molecule is CC(C)(C)C1CN(c2ccc(NC3CCC(=O)NC3=O)cc2)CCN1C(=O)O. The number of carboxylic acid groups (broad SMARTS) is 1. The molecule has 2 atom stereocenters. The molecule has 8 nitrogen and oxygen atoms in total. The molecule has 0 spiro atoms. The van der Waals surface area contributed by atoms with Crippen LogP contribution in [0.1, 0.15) is 33.6 Å². The van der Waals surface area contributed by atoms with Gasteiger partial charge in [0.2, 0.25) is 11.8 Å². The van der Waals surface area contributed by atoms with Crippen LogP contribution in [0.15, 0.2) is 24.3 Å². The third-order valence-corrected chi connectivity index (χ3v) is 5.44. The summed E-state index contributed by atoms with van der Waals surface area (Å²) >= 11 is 0. The summed E-state index contributed by atoms with van der Waals surface area (Å²) in [6, 6.07) is 7.27. The molecule has 2 unspecified atom stereocenters. The molecule has 8 heteroatoms. The quantitative estimate of drug-likeness (QED) is 0.686. The minimum atomic E-state index is -0.872. The molecule has 0 bridgehead atoms. The molecule has 28 heavy (non-hydrogen) atoms. The molecule has 0 aliphatic carbocycles. The number of imide groups is 1. The molecule has 152 valence electrons. The Kier molecular flexibility index (Phi) is 5.49. The van der Waals surface area contributed by atoms with Crippen molar-refractivity contribution in [2.75, 3.05) is 29.9 Å². The van der Waals surface area contributed by atoms with E-state index in [-0.39, 0.29) is 23.3 Å². The lowest BCUT2D eigenvalue weighted by molar-refractivity contribution is -0.133. The van der Waals surface area contributed by atoms with Gasteiger partial charge in [-0.05, 0) is 36.1 Å². The number of amides is 3. The maximum Gasteiger partial charge on any atom is 0.407 e. The summed E-state index contributed by atoms with van der Waals surface area (Å²) in [5, 5.41) is 15.0. The van der Waals surface area contributed by atoms with Crippen molar-refractivity contribution < 1.29 is 19.5 Å². The van der Waals surface area contributed by atoms with Crippen LogP contribution in [0.5, 0.6) is 0 Å². The Bertz CT molecular complexity index is 756. The minimum Gasteiger partial charge on any atom is -0.465 e. The number of rotatable bonds is 3. The van der Waals surface area contributed by atoms with Crippen molar-refractivity contribution in [1.82, 2.24) is 10.2 Å². The third-order valence-electron chi connectivity index (χ3n) is 5.44. The number of nitrogens with zero attached hydrogens (tertiary/aromatic N) is 2. The maximum absolute atomic E-state index is 11.9. The lowest BCUT2D eigenvalue weighted by Crippen LogP contribution is -2.59. The average Bonchev–Trinajstić information content (AvgIpc) is 2.63. The number of hydrogen-bond donors (Lipinski definition) is 3. The van der Waals surface area contributed by atoms with E-state index in [1.165, 1.54) is 4.90 Å². The van der Waals surface area contributed by atoms with E-state index < -0.39 is 12.1 Å². The summed E-state index contributed by atoms with van der Waals surface area (Å²) in [4.78, 5) is 38.4. The lowest BCUT2D eigenvalue weighted by Gasteiger charge is -2.46. The van der Waals surface area contributed by atoms with E-state index in [4.69, 9.17) is 0 Å². The smallest absolute Gasteiger partial charge is 0.407 e. The zero-order valence-electron chi connectivity index (χ0n) is 16.6. The van der Waals surface area contributed by atoms with Crippen molar-refractivity contribution in [3.05, 3.63) is 24.3 Å². The Hall–Kier alpha value is -2.77. The average molecular weight is 388 g/mol. The van der Waals surface area contributed by atoms with E-state index in [1.54, 1.807) is 0 Å². The van der Waals surface area contributed by atoms with Gasteiger partial charge in [-0.15, -0.1) is 0 Å². The Labute approximate surface area is 164 Å². The third kappa shape index (κ3) is 4.37. The molecular weight excluding hydrogens is 360 g/mol. The second kappa shape index (κ2) is 7.69. The van der Waals surface area contributed by atoms with Crippen LogP contribution in [0.25, 0.3) is 0 Å². The molecule has 2 fully saturated rings. The summed E-state index contributed by atoms with van der Waals surface area (Å²) in [6.45, 7) is 7.92. The maximum atomic E-state index is 11.9. The number of anilines is 2. The molecule has 2 saturated heterocycles. The number of carbonyl (C=O) groups excluding carboxylic acids is 2. The van der Waals surface area contributed by atoms with Crippen LogP contribution in [-0.2, 0) is 9.59 Å². The number of piperidine rings is 1. The van der Waals surface area contributed by atoms with Crippen LogP contribution in [0, 0.1) is 5.41 Å². The Morgan fingerprint density at radius 2 is 1.86 bits per heavy atom. The van der Waals surface area contributed by atoms with Crippen molar-refractivity contribution in [1.29, 1.82) is 0 Å². The number of hydrogen-bond acceptors (Lipinski definition) is 5. The Morgan fingerprint density at radius 3 is 2.43 bits per heavy atom. The highest BCUT2D eigenvalue weighted by atomic mass is 16.4. The molecular formula is C20H28N4O4. The van der Waals surface area contributed by atoms with E-state index in [9.17, 15) is 19.5 Å². The standard InChI is InChI=1S/C20H28N4O4/c1-20(2,3)16-12-23(10-11-24(16)19(27)28)14-6-4-13(5-7-14)21-15-8-9-17(25)22-18(15)26/h4-7,15-16,21H,8-12H2,1-3H3,(H,27,28)(H,22,25,26). The van der Waals surface area contributed by atoms with Gasteiger partial charge >= 0.3 is 6.09 Å². The van der Waals surface area contributed by atoms with Crippen molar-refractivity contribution in [2.45, 2.75) is 45.7 Å². The van der Waals surface area contributed by atoms with Crippen LogP contribution < -0.4 is 15.5 Å². The first kappa shape index (κ1) is 20.0. The summed E-state index contributed by atoms with van der Waals surface area (Å²) in [5.74, 6) is -0.523. The molecule has 2 aliphatic rings. The van der Waals surface area contributed by atoms with Gasteiger partial charge in [0.1, 0.15) is 6.04 Å². The molecule has 3 rings (SSSR count). The molecule has 2 heterocycles. The normalized spacial score (nSPS) is 23.4. The molecule has 3 amide bonds. The highest BCUT2D eigenvalue weighted by Gasteiger charge is 2.38. The monoisotopic (exact) mass is 388 g/mol.